The number of hydrogen-bond donors (Lipinski definition) is 0. The molecule has 2 nitrogen and oxygen atoms in total. The standard InChI is InChI=1S/C17H18N2/c1-3-18-17-6-4-5-15(13-17)11-12-19-16-9-7-14(2)8-10-16/h3-10,12-13H,11H2,1-2H3/b18-3+,19-12+. The zero-order chi connectivity index (χ0) is 13.5. The van der Waals surface area contributed by atoms with Crippen LogP contribution >= 0.6 is 0 Å². The summed E-state index contributed by atoms with van der Waals surface area (Å²) in [6.07, 6.45) is 4.57. The maximum atomic E-state index is 4.45. The van der Waals surface area contributed by atoms with Crippen LogP contribution in [0.1, 0.15) is 18.1 Å². The monoisotopic (exact) mass is 250 g/mol. The van der Waals surface area contributed by atoms with Crippen LogP contribution in [-0.4, -0.2) is 12.4 Å². The van der Waals surface area contributed by atoms with Crippen LogP contribution in [-0.2, 0) is 6.42 Å². The average molecular weight is 250 g/mol. The van der Waals surface area contributed by atoms with Gasteiger partial charge in [-0.25, -0.2) is 0 Å². The van der Waals surface area contributed by atoms with Crippen molar-refractivity contribution in [2.24, 2.45) is 9.98 Å². The van der Waals surface area contributed by atoms with E-state index in [1.165, 1.54) is 11.1 Å². The highest BCUT2D eigenvalue weighted by molar-refractivity contribution is 5.67. The molecule has 0 heterocycles. The van der Waals surface area contributed by atoms with Crippen LogP contribution in [0.15, 0.2) is 58.5 Å². The molecule has 0 aliphatic carbocycles. The molecule has 0 spiro atoms. The van der Waals surface area contributed by atoms with E-state index < -0.39 is 0 Å². The first-order chi connectivity index (χ1) is 9.28. The third kappa shape index (κ3) is 4.18. The highest BCUT2D eigenvalue weighted by Gasteiger charge is 1.93. The third-order valence-electron chi connectivity index (χ3n) is 2.79. The van der Waals surface area contributed by atoms with E-state index in [4.69, 9.17) is 0 Å². The first-order valence-corrected chi connectivity index (χ1v) is 6.45. The number of nitrogens with zero attached hydrogens (tertiary/aromatic N) is 2. The predicted octanol–water partition coefficient (Wildman–Crippen LogP) is 4.66. The Morgan fingerprint density at radius 1 is 0.947 bits per heavy atom. The SMILES string of the molecule is C/C=N/c1cccc(C/C=N/c2ccc(C)cc2)c1. The van der Waals surface area contributed by atoms with Crippen LogP contribution < -0.4 is 0 Å². The summed E-state index contributed by atoms with van der Waals surface area (Å²) in [5.41, 5.74) is 4.46. The van der Waals surface area contributed by atoms with E-state index in [0.29, 0.717) is 0 Å². The van der Waals surface area contributed by atoms with Crippen molar-refractivity contribution >= 4 is 23.8 Å². The maximum Gasteiger partial charge on any atom is 0.0628 e. The molecule has 0 N–H and O–H groups in total. The molecule has 0 amide bonds. The van der Waals surface area contributed by atoms with Gasteiger partial charge in [0.2, 0.25) is 0 Å². The second-order valence-corrected chi connectivity index (χ2v) is 4.41. The average Bonchev–Trinajstić information content (AvgIpc) is 2.42. The Balaban J connectivity index is 2.02. The maximum absolute atomic E-state index is 4.45. The lowest BCUT2D eigenvalue weighted by Gasteiger charge is -1.98. The van der Waals surface area contributed by atoms with Gasteiger partial charge in [0, 0.05) is 18.9 Å². The fourth-order valence-corrected chi connectivity index (χ4v) is 1.80. The molecule has 0 aliphatic heterocycles. The molecule has 0 aromatic heterocycles. The molecule has 0 radical (unpaired) electrons. The van der Waals surface area contributed by atoms with E-state index in [2.05, 4.69) is 41.2 Å². The van der Waals surface area contributed by atoms with Crippen LogP contribution in [0.4, 0.5) is 11.4 Å². The third-order valence-corrected chi connectivity index (χ3v) is 2.79. The minimum absolute atomic E-state index is 0.820. The van der Waals surface area contributed by atoms with Crippen LogP contribution in [0.3, 0.4) is 0 Å². The molecule has 0 saturated carbocycles. The zero-order valence-electron chi connectivity index (χ0n) is 11.4. The fourth-order valence-electron chi connectivity index (χ4n) is 1.80. The fraction of sp³-hybridized carbons (Fsp3) is 0.176. The Kier molecular flexibility index (Phi) is 4.62. The lowest BCUT2D eigenvalue weighted by atomic mass is 10.1. The van der Waals surface area contributed by atoms with E-state index in [9.17, 15) is 0 Å². The van der Waals surface area contributed by atoms with Crippen LogP contribution in [0.25, 0.3) is 0 Å². The molecule has 2 aromatic carbocycles. The highest BCUT2D eigenvalue weighted by atomic mass is 14.7. The first kappa shape index (κ1) is 13.2. The van der Waals surface area contributed by atoms with Crippen molar-refractivity contribution in [1.82, 2.24) is 0 Å². The van der Waals surface area contributed by atoms with Crippen molar-refractivity contribution in [1.29, 1.82) is 0 Å². The number of benzene rings is 2. The van der Waals surface area contributed by atoms with E-state index in [1.807, 2.05) is 37.4 Å². The largest absolute Gasteiger partial charge is 0.262 e. The van der Waals surface area contributed by atoms with Crippen molar-refractivity contribution in [3.8, 4) is 0 Å². The first-order valence-electron chi connectivity index (χ1n) is 6.45. The number of aryl methyl sites for hydroxylation is 1. The van der Waals surface area contributed by atoms with Gasteiger partial charge in [-0.05, 0) is 43.7 Å². The van der Waals surface area contributed by atoms with Gasteiger partial charge in [-0.1, -0.05) is 29.8 Å². The highest BCUT2D eigenvalue weighted by Crippen LogP contribution is 2.15. The van der Waals surface area contributed by atoms with Gasteiger partial charge in [0.1, 0.15) is 0 Å². The molecule has 0 saturated heterocycles. The van der Waals surface area contributed by atoms with Gasteiger partial charge in [-0.15, -0.1) is 0 Å². The smallest absolute Gasteiger partial charge is 0.0628 e. The second kappa shape index (κ2) is 6.64. The summed E-state index contributed by atoms with van der Waals surface area (Å²) >= 11 is 0. The van der Waals surface area contributed by atoms with Gasteiger partial charge in [0.05, 0.1) is 11.4 Å². The molecular weight excluding hydrogens is 232 g/mol. The number of aliphatic imine (C=N–C) groups is 2. The van der Waals surface area contributed by atoms with E-state index in [1.54, 1.807) is 6.21 Å². The van der Waals surface area contributed by atoms with Gasteiger partial charge in [0.15, 0.2) is 0 Å². The van der Waals surface area contributed by atoms with Crippen molar-refractivity contribution in [2.75, 3.05) is 0 Å². The van der Waals surface area contributed by atoms with Crippen molar-refractivity contribution in [3.63, 3.8) is 0 Å². The molecule has 96 valence electrons. The summed E-state index contributed by atoms with van der Waals surface area (Å²) in [5, 5.41) is 0. The molecule has 0 unspecified atom stereocenters. The lowest BCUT2D eigenvalue weighted by Crippen LogP contribution is -1.85. The zero-order valence-corrected chi connectivity index (χ0v) is 11.4. The van der Waals surface area contributed by atoms with E-state index in [-0.39, 0.29) is 0 Å². The lowest BCUT2D eigenvalue weighted by molar-refractivity contribution is 1.33. The Bertz CT molecular complexity index is 580. The summed E-state index contributed by atoms with van der Waals surface area (Å²) in [4.78, 5) is 8.73. The number of rotatable bonds is 4. The molecule has 2 heteroatoms. The molecule has 0 atom stereocenters. The summed E-state index contributed by atoms with van der Waals surface area (Å²) in [6.45, 7) is 4.00. The summed E-state index contributed by atoms with van der Waals surface area (Å²) in [5.74, 6) is 0. The number of hydrogen-bond acceptors (Lipinski definition) is 2. The molecule has 0 bridgehead atoms. The van der Waals surface area contributed by atoms with Gasteiger partial charge < -0.3 is 0 Å². The predicted molar refractivity (Wildman–Crippen MR) is 83.3 cm³/mol. The molecule has 2 aromatic rings. The Morgan fingerprint density at radius 3 is 2.47 bits per heavy atom. The van der Waals surface area contributed by atoms with E-state index in [0.717, 1.165) is 17.8 Å². The van der Waals surface area contributed by atoms with Crippen molar-refractivity contribution < 1.29 is 0 Å². The van der Waals surface area contributed by atoms with Crippen LogP contribution in [0.2, 0.25) is 0 Å². The van der Waals surface area contributed by atoms with Gasteiger partial charge in [0.25, 0.3) is 0 Å². The topological polar surface area (TPSA) is 24.7 Å². The Labute approximate surface area is 114 Å². The molecule has 19 heavy (non-hydrogen) atoms. The molecule has 2 rings (SSSR count). The normalized spacial score (nSPS) is 11.5. The molecule has 0 aliphatic rings. The Morgan fingerprint density at radius 2 is 1.74 bits per heavy atom. The second-order valence-electron chi connectivity index (χ2n) is 4.41. The summed E-state index contributed by atoms with van der Waals surface area (Å²) in [7, 11) is 0. The minimum Gasteiger partial charge on any atom is -0.262 e. The van der Waals surface area contributed by atoms with Crippen molar-refractivity contribution in [2.45, 2.75) is 20.3 Å². The summed E-state index contributed by atoms with van der Waals surface area (Å²) < 4.78 is 0. The van der Waals surface area contributed by atoms with E-state index >= 15 is 0 Å². The van der Waals surface area contributed by atoms with Crippen molar-refractivity contribution in [3.05, 3.63) is 59.7 Å². The molecular formula is C17H18N2. The van der Waals surface area contributed by atoms with Gasteiger partial charge >= 0.3 is 0 Å². The van der Waals surface area contributed by atoms with Crippen LogP contribution in [0.5, 0.6) is 0 Å². The van der Waals surface area contributed by atoms with Crippen LogP contribution in [0, 0.1) is 6.92 Å². The minimum atomic E-state index is 0.820. The van der Waals surface area contributed by atoms with Gasteiger partial charge in [-0.2, -0.15) is 0 Å². The summed E-state index contributed by atoms with van der Waals surface area (Å²) in [6, 6.07) is 16.4. The Hall–Kier alpha value is -2.22. The van der Waals surface area contributed by atoms with Gasteiger partial charge in [-0.3, -0.25) is 9.98 Å². The quantitative estimate of drug-likeness (QED) is 0.705. The molecule has 0 fully saturated rings.